The Balaban J connectivity index is 1.97. The van der Waals surface area contributed by atoms with Crippen molar-refractivity contribution >= 4 is 0 Å². The molecule has 1 aromatic carbocycles. The van der Waals surface area contributed by atoms with Crippen molar-refractivity contribution in [3.63, 3.8) is 0 Å². The monoisotopic (exact) mass is 246 g/mol. The number of hydrogen-bond acceptors (Lipinski definition) is 2. The van der Waals surface area contributed by atoms with Crippen LogP contribution in [-0.2, 0) is 13.1 Å². The van der Waals surface area contributed by atoms with Gasteiger partial charge in [-0.3, -0.25) is 4.90 Å². The Morgan fingerprint density at radius 2 is 1.89 bits per heavy atom. The summed E-state index contributed by atoms with van der Waals surface area (Å²) < 4.78 is 0. The standard InChI is InChI=1S/C16H26N2/c1-3-11-17-12-14-7-5-6-8-15(14)13-18(4-2)16-9-10-16/h5-8,16-17H,3-4,9-13H2,1-2H3. The van der Waals surface area contributed by atoms with Crippen LogP contribution in [0.3, 0.4) is 0 Å². The first-order valence-corrected chi connectivity index (χ1v) is 7.36. The van der Waals surface area contributed by atoms with Crippen molar-refractivity contribution in [1.29, 1.82) is 0 Å². The molecule has 0 aliphatic heterocycles. The lowest BCUT2D eigenvalue weighted by molar-refractivity contribution is 0.268. The average Bonchev–Trinajstić information content (AvgIpc) is 3.22. The molecule has 1 aliphatic rings. The molecule has 0 amide bonds. The summed E-state index contributed by atoms with van der Waals surface area (Å²) >= 11 is 0. The summed E-state index contributed by atoms with van der Waals surface area (Å²) in [6.07, 6.45) is 3.99. The molecule has 100 valence electrons. The zero-order chi connectivity index (χ0) is 12.8. The molecular weight excluding hydrogens is 220 g/mol. The van der Waals surface area contributed by atoms with E-state index < -0.39 is 0 Å². The fourth-order valence-corrected chi connectivity index (χ4v) is 2.44. The molecule has 0 saturated heterocycles. The van der Waals surface area contributed by atoms with Crippen LogP contribution in [0.4, 0.5) is 0 Å². The average molecular weight is 246 g/mol. The molecule has 1 N–H and O–H groups in total. The number of nitrogens with one attached hydrogen (secondary N) is 1. The Morgan fingerprint density at radius 1 is 1.17 bits per heavy atom. The first kappa shape index (κ1) is 13.6. The minimum atomic E-state index is 0.853. The van der Waals surface area contributed by atoms with Gasteiger partial charge in [0.15, 0.2) is 0 Å². The SMILES string of the molecule is CCCNCc1ccccc1CN(CC)C1CC1. The highest BCUT2D eigenvalue weighted by atomic mass is 15.2. The van der Waals surface area contributed by atoms with Crippen LogP contribution in [0.25, 0.3) is 0 Å². The normalized spacial score (nSPS) is 15.3. The summed E-state index contributed by atoms with van der Waals surface area (Å²) in [5, 5.41) is 3.51. The maximum absolute atomic E-state index is 3.51. The number of hydrogen-bond donors (Lipinski definition) is 1. The molecule has 1 aromatic rings. The predicted octanol–water partition coefficient (Wildman–Crippen LogP) is 3.17. The third-order valence-corrected chi connectivity index (χ3v) is 3.70. The van der Waals surface area contributed by atoms with Crippen molar-refractivity contribution < 1.29 is 0 Å². The maximum atomic E-state index is 3.51. The molecule has 1 aliphatic carbocycles. The highest BCUT2D eigenvalue weighted by Gasteiger charge is 2.27. The van der Waals surface area contributed by atoms with E-state index in [1.807, 2.05) is 0 Å². The number of rotatable bonds is 8. The van der Waals surface area contributed by atoms with Gasteiger partial charge in [-0.15, -0.1) is 0 Å². The van der Waals surface area contributed by atoms with Gasteiger partial charge in [0.1, 0.15) is 0 Å². The van der Waals surface area contributed by atoms with Crippen molar-refractivity contribution in [2.75, 3.05) is 13.1 Å². The third-order valence-electron chi connectivity index (χ3n) is 3.70. The van der Waals surface area contributed by atoms with Crippen molar-refractivity contribution in [2.24, 2.45) is 0 Å². The predicted molar refractivity (Wildman–Crippen MR) is 77.5 cm³/mol. The van der Waals surface area contributed by atoms with Crippen LogP contribution in [0.5, 0.6) is 0 Å². The summed E-state index contributed by atoms with van der Waals surface area (Å²) in [5.41, 5.74) is 2.96. The van der Waals surface area contributed by atoms with Gasteiger partial charge < -0.3 is 5.32 Å². The van der Waals surface area contributed by atoms with E-state index in [4.69, 9.17) is 0 Å². The molecule has 1 saturated carbocycles. The van der Waals surface area contributed by atoms with Gasteiger partial charge in [-0.25, -0.2) is 0 Å². The van der Waals surface area contributed by atoms with Crippen molar-refractivity contribution in [3.8, 4) is 0 Å². The van der Waals surface area contributed by atoms with Gasteiger partial charge in [-0.1, -0.05) is 38.1 Å². The summed E-state index contributed by atoms with van der Waals surface area (Å²) in [5.74, 6) is 0. The topological polar surface area (TPSA) is 15.3 Å². The molecule has 0 aromatic heterocycles. The van der Waals surface area contributed by atoms with E-state index >= 15 is 0 Å². The molecule has 0 unspecified atom stereocenters. The van der Waals surface area contributed by atoms with Crippen LogP contribution in [0.15, 0.2) is 24.3 Å². The summed E-state index contributed by atoms with van der Waals surface area (Å²) in [4.78, 5) is 2.61. The van der Waals surface area contributed by atoms with Crippen LogP contribution in [0.2, 0.25) is 0 Å². The molecule has 0 atom stereocenters. The molecule has 18 heavy (non-hydrogen) atoms. The van der Waals surface area contributed by atoms with Crippen LogP contribution < -0.4 is 5.32 Å². The van der Waals surface area contributed by atoms with E-state index in [-0.39, 0.29) is 0 Å². The molecule has 1 fully saturated rings. The van der Waals surface area contributed by atoms with Crippen LogP contribution in [0.1, 0.15) is 44.2 Å². The van der Waals surface area contributed by atoms with Crippen molar-refractivity contribution in [2.45, 2.75) is 52.2 Å². The largest absolute Gasteiger partial charge is 0.313 e. The lowest BCUT2D eigenvalue weighted by Gasteiger charge is -2.21. The zero-order valence-corrected chi connectivity index (χ0v) is 11.8. The first-order valence-electron chi connectivity index (χ1n) is 7.36. The molecule has 2 rings (SSSR count). The molecule has 0 heterocycles. The van der Waals surface area contributed by atoms with Gasteiger partial charge in [0.2, 0.25) is 0 Å². The van der Waals surface area contributed by atoms with Gasteiger partial charge >= 0.3 is 0 Å². The molecule has 0 spiro atoms. The second-order valence-corrected chi connectivity index (χ2v) is 5.24. The Kier molecular flexibility index (Phi) is 5.21. The molecule has 2 heteroatoms. The van der Waals surface area contributed by atoms with Crippen molar-refractivity contribution in [3.05, 3.63) is 35.4 Å². The van der Waals surface area contributed by atoms with Gasteiger partial charge in [-0.05, 0) is 43.5 Å². The number of benzene rings is 1. The Labute approximate surface area is 111 Å². The lowest BCUT2D eigenvalue weighted by Crippen LogP contribution is -2.26. The summed E-state index contributed by atoms with van der Waals surface area (Å²) in [6, 6.07) is 9.72. The maximum Gasteiger partial charge on any atom is 0.0239 e. The Hall–Kier alpha value is -0.860. The van der Waals surface area contributed by atoms with E-state index in [0.29, 0.717) is 0 Å². The second-order valence-electron chi connectivity index (χ2n) is 5.24. The van der Waals surface area contributed by atoms with E-state index in [1.165, 1.54) is 36.9 Å². The highest BCUT2D eigenvalue weighted by molar-refractivity contribution is 5.27. The van der Waals surface area contributed by atoms with Gasteiger partial charge in [0, 0.05) is 19.1 Å². The van der Waals surface area contributed by atoms with Gasteiger partial charge in [0.05, 0.1) is 0 Å². The summed E-state index contributed by atoms with van der Waals surface area (Å²) in [7, 11) is 0. The highest BCUT2D eigenvalue weighted by Crippen LogP contribution is 2.28. The van der Waals surface area contributed by atoms with Crippen LogP contribution in [0, 0.1) is 0 Å². The minimum Gasteiger partial charge on any atom is -0.313 e. The van der Waals surface area contributed by atoms with Crippen molar-refractivity contribution in [1.82, 2.24) is 10.2 Å². The zero-order valence-electron chi connectivity index (χ0n) is 11.8. The minimum absolute atomic E-state index is 0.853. The quantitative estimate of drug-likeness (QED) is 0.709. The van der Waals surface area contributed by atoms with Crippen LogP contribution in [-0.4, -0.2) is 24.0 Å². The molecule has 2 nitrogen and oxygen atoms in total. The second kappa shape index (κ2) is 6.91. The van der Waals surface area contributed by atoms with E-state index in [0.717, 1.165) is 25.7 Å². The third kappa shape index (κ3) is 3.82. The Morgan fingerprint density at radius 3 is 2.50 bits per heavy atom. The van der Waals surface area contributed by atoms with Gasteiger partial charge in [0.25, 0.3) is 0 Å². The smallest absolute Gasteiger partial charge is 0.0239 e. The number of nitrogens with zero attached hydrogens (tertiary/aromatic N) is 1. The van der Waals surface area contributed by atoms with E-state index in [1.54, 1.807) is 0 Å². The molecular formula is C16H26N2. The van der Waals surface area contributed by atoms with Gasteiger partial charge in [-0.2, -0.15) is 0 Å². The fourth-order valence-electron chi connectivity index (χ4n) is 2.44. The van der Waals surface area contributed by atoms with Crippen LogP contribution >= 0.6 is 0 Å². The molecule has 0 radical (unpaired) electrons. The first-order chi connectivity index (χ1) is 8.85. The van der Waals surface area contributed by atoms with E-state index in [9.17, 15) is 0 Å². The summed E-state index contributed by atoms with van der Waals surface area (Å²) in [6.45, 7) is 8.88. The van der Waals surface area contributed by atoms with E-state index in [2.05, 4.69) is 48.3 Å². The lowest BCUT2D eigenvalue weighted by atomic mass is 10.1. The fraction of sp³-hybridized carbons (Fsp3) is 0.625. The molecule has 0 bridgehead atoms. The Bertz CT molecular complexity index is 358.